The molecule has 4 rings (SSSR count). The summed E-state index contributed by atoms with van der Waals surface area (Å²) in [6, 6.07) is 20.0. The van der Waals surface area contributed by atoms with Crippen molar-refractivity contribution in [2.75, 3.05) is 0 Å². The third kappa shape index (κ3) is 2.69. The van der Waals surface area contributed by atoms with Crippen LogP contribution < -0.4 is 0 Å². The molecular weight excluding hydrogens is 371 g/mol. The van der Waals surface area contributed by atoms with Gasteiger partial charge in [-0.05, 0) is 50.7 Å². The van der Waals surface area contributed by atoms with Crippen molar-refractivity contribution in [3.63, 3.8) is 0 Å². The predicted molar refractivity (Wildman–Crippen MR) is 105 cm³/mol. The molecular formula is C21H25Sn. The smallest absolute Gasteiger partial charge is 0 e. The maximum Gasteiger partial charge on any atom is 0 e. The third-order valence-electron chi connectivity index (χ3n) is 4.07. The molecule has 0 aliphatic heterocycles. The summed E-state index contributed by atoms with van der Waals surface area (Å²) >= 11 is 0. The van der Waals surface area contributed by atoms with Crippen molar-refractivity contribution < 1.29 is 1.43 Å². The molecule has 22 heavy (non-hydrogen) atoms. The van der Waals surface area contributed by atoms with E-state index in [-0.39, 0.29) is 40.2 Å². The summed E-state index contributed by atoms with van der Waals surface area (Å²) in [7, 11) is 0. The Morgan fingerprint density at radius 1 is 0.727 bits per heavy atom. The molecule has 5 radical (unpaired) electrons. The van der Waals surface area contributed by atoms with E-state index in [1.54, 1.807) is 0 Å². The predicted octanol–water partition coefficient (Wildman–Crippen LogP) is 6.49. The zero-order valence-electron chi connectivity index (χ0n) is 11.3. The van der Waals surface area contributed by atoms with Crippen molar-refractivity contribution >= 4 is 56.2 Å². The van der Waals surface area contributed by atoms with Gasteiger partial charge in [0.25, 0.3) is 0 Å². The van der Waals surface area contributed by atoms with Gasteiger partial charge >= 0.3 is 0 Å². The van der Waals surface area contributed by atoms with E-state index in [4.69, 9.17) is 0 Å². The summed E-state index contributed by atoms with van der Waals surface area (Å²) in [4.78, 5) is 0. The van der Waals surface area contributed by atoms with Crippen LogP contribution in [0.5, 0.6) is 0 Å². The first kappa shape index (κ1) is 18.8. The van der Waals surface area contributed by atoms with Gasteiger partial charge in [0.2, 0.25) is 0 Å². The van der Waals surface area contributed by atoms with E-state index in [2.05, 4.69) is 61.5 Å². The molecule has 0 aliphatic carbocycles. The number of hydrogen-bond donors (Lipinski definition) is 0. The van der Waals surface area contributed by atoms with Gasteiger partial charge in [0, 0.05) is 25.3 Å². The SMILES string of the molecule is C.C.[CH2]CCc1ccc2ccc3cccc4ccc1c2c34.[HH].[Sn]. The molecule has 0 N–H and O–H groups in total. The van der Waals surface area contributed by atoms with E-state index in [0.29, 0.717) is 0 Å². The number of benzene rings is 4. The number of rotatable bonds is 2. The normalized spacial score (nSPS) is 10.2. The Labute approximate surface area is 152 Å². The third-order valence-corrected chi connectivity index (χ3v) is 4.07. The Kier molecular flexibility index (Phi) is 6.25. The van der Waals surface area contributed by atoms with E-state index in [0.717, 1.165) is 12.8 Å². The Hall–Kier alpha value is -1.28. The monoisotopic (exact) mass is 397 g/mol. The average Bonchev–Trinajstić information content (AvgIpc) is 2.46. The van der Waals surface area contributed by atoms with Crippen LogP contribution in [-0.4, -0.2) is 23.9 Å². The molecule has 0 aliphatic rings. The Morgan fingerprint density at radius 2 is 1.27 bits per heavy atom. The first-order valence-electron chi connectivity index (χ1n) is 6.83. The van der Waals surface area contributed by atoms with Crippen LogP contribution in [-0.2, 0) is 6.42 Å². The van der Waals surface area contributed by atoms with Gasteiger partial charge < -0.3 is 0 Å². The van der Waals surface area contributed by atoms with Gasteiger partial charge in [0.05, 0.1) is 0 Å². The van der Waals surface area contributed by atoms with Gasteiger partial charge in [-0.15, -0.1) is 0 Å². The molecule has 0 nitrogen and oxygen atoms in total. The summed E-state index contributed by atoms with van der Waals surface area (Å²) in [5, 5.41) is 8.23. The molecule has 0 spiro atoms. The fourth-order valence-corrected chi connectivity index (χ4v) is 3.20. The molecule has 0 aromatic heterocycles. The van der Waals surface area contributed by atoms with E-state index in [1.165, 1.54) is 37.9 Å². The maximum atomic E-state index is 3.99. The fraction of sp³-hybridized carbons (Fsp3) is 0.190. The molecule has 0 bridgehead atoms. The minimum atomic E-state index is 0. The molecule has 0 fully saturated rings. The standard InChI is InChI=1S/C19H15.2CH4.Sn.H2/c1-2-4-13-7-8-16-10-9-14-5-3-6-15-11-12-17(13)19(16)18(14)15;;;;/h3,5-12H,1-2,4H2;2*1H4;;1H. The molecule has 0 amide bonds. The van der Waals surface area contributed by atoms with Gasteiger partial charge in [0.1, 0.15) is 0 Å². The van der Waals surface area contributed by atoms with Gasteiger partial charge in [0.15, 0.2) is 0 Å². The van der Waals surface area contributed by atoms with E-state index >= 15 is 0 Å². The van der Waals surface area contributed by atoms with Crippen LogP contribution in [0.1, 0.15) is 28.3 Å². The molecule has 4 aromatic carbocycles. The van der Waals surface area contributed by atoms with E-state index < -0.39 is 0 Å². The largest absolute Gasteiger partial charge is 0.0776 e. The second-order valence-corrected chi connectivity index (χ2v) is 5.18. The maximum absolute atomic E-state index is 3.99. The fourth-order valence-electron chi connectivity index (χ4n) is 3.20. The summed E-state index contributed by atoms with van der Waals surface area (Å²) in [6.07, 6.45) is 2.00. The van der Waals surface area contributed by atoms with Crippen LogP contribution in [0.3, 0.4) is 0 Å². The van der Waals surface area contributed by atoms with Crippen LogP contribution in [0.15, 0.2) is 54.6 Å². The molecule has 0 unspecified atom stereocenters. The van der Waals surface area contributed by atoms with Crippen molar-refractivity contribution in [3.05, 3.63) is 67.1 Å². The van der Waals surface area contributed by atoms with Crippen molar-refractivity contribution in [3.8, 4) is 0 Å². The zero-order chi connectivity index (χ0) is 12.8. The summed E-state index contributed by atoms with van der Waals surface area (Å²) in [6.45, 7) is 3.99. The van der Waals surface area contributed by atoms with Gasteiger partial charge in [-0.2, -0.15) is 0 Å². The van der Waals surface area contributed by atoms with Crippen molar-refractivity contribution in [1.82, 2.24) is 0 Å². The van der Waals surface area contributed by atoms with Crippen molar-refractivity contribution in [2.45, 2.75) is 27.7 Å². The minimum Gasteiger partial charge on any atom is -0.0776 e. The van der Waals surface area contributed by atoms with Crippen LogP contribution in [0.2, 0.25) is 0 Å². The molecule has 0 atom stereocenters. The average molecular weight is 396 g/mol. The molecule has 0 heterocycles. The van der Waals surface area contributed by atoms with Crippen LogP contribution >= 0.6 is 0 Å². The molecule has 0 saturated carbocycles. The minimum absolute atomic E-state index is 0. The Bertz CT molecular complexity index is 867. The van der Waals surface area contributed by atoms with E-state index in [9.17, 15) is 0 Å². The molecule has 1 heteroatoms. The van der Waals surface area contributed by atoms with Crippen LogP contribution in [0.4, 0.5) is 0 Å². The first-order chi connectivity index (χ1) is 9.38. The van der Waals surface area contributed by atoms with Crippen molar-refractivity contribution in [2.24, 2.45) is 0 Å². The summed E-state index contributed by atoms with van der Waals surface area (Å²) in [5.74, 6) is 0. The van der Waals surface area contributed by atoms with Crippen molar-refractivity contribution in [1.29, 1.82) is 0 Å². The first-order valence-corrected chi connectivity index (χ1v) is 6.83. The van der Waals surface area contributed by atoms with Crippen LogP contribution in [0.25, 0.3) is 32.3 Å². The van der Waals surface area contributed by atoms with Gasteiger partial charge in [-0.3, -0.25) is 0 Å². The van der Waals surface area contributed by atoms with Gasteiger partial charge in [-0.1, -0.05) is 76.4 Å². The summed E-state index contributed by atoms with van der Waals surface area (Å²) < 4.78 is 0. The topological polar surface area (TPSA) is 0 Å². The molecule has 0 saturated heterocycles. The Morgan fingerprint density at radius 3 is 1.91 bits per heavy atom. The van der Waals surface area contributed by atoms with Gasteiger partial charge in [-0.25, -0.2) is 0 Å². The number of hydrogen-bond acceptors (Lipinski definition) is 0. The zero-order valence-corrected chi connectivity index (χ0v) is 14.2. The summed E-state index contributed by atoms with van der Waals surface area (Å²) in [5.41, 5.74) is 1.42. The second-order valence-electron chi connectivity index (χ2n) is 5.18. The molecule has 4 aromatic rings. The second kappa shape index (κ2) is 7.32. The van der Waals surface area contributed by atoms with Crippen LogP contribution in [0, 0.1) is 6.92 Å². The number of aryl methyl sites for hydroxylation is 1. The molecule has 113 valence electrons. The quantitative estimate of drug-likeness (QED) is 0.269. The Balaban J connectivity index is 0.00000121. The van der Waals surface area contributed by atoms with E-state index in [1.807, 2.05) is 0 Å².